The summed E-state index contributed by atoms with van der Waals surface area (Å²) in [6.45, 7) is 4.47. The highest BCUT2D eigenvalue weighted by Crippen LogP contribution is 2.25. The standard InChI is InChI=1S/C50H72O5/c1-3-5-7-9-11-13-15-17-19-21-23-25-27-29-31-33-49(52)54-47-39-37-44(38-40-47)35-36-45-41-46(51)43-48(42-45)55-50(53)34-32-30-28-26-24-22-20-18-16-14-12-10-8-6-4-2/h11-14,17-20,35-43,51H,3-10,15-16,21-34H2,1-2H3/b13-11-,14-12-,19-17-,20-18-,36-35+. The van der Waals surface area contributed by atoms with Gasteiger partial charge in [-0.15, -0.1) is 0 Å². The minimum atomic E-state index is -0.285. The van der Waals surface area contributed by atoms with E-state index in [0.29, 0.717) is 29.9 Å². The van der Waals surface area contributed by atoms with E-state index in [4.69, 9.17) is 9.47 Å². The van der Waals surface area contributed by atoms with Crippen molar-refractivity contribution in [2.45, 2.75) is 168 Å². The van der Waals surface area contributed by atoms with E-state index >= 15 is 0 Å². The van der Waals surface area contributed by atoms with Gasteiger partial charge in [0.2, 0.25) is 0 Å². The van der Waals surface area contributed by atoms with Gasteiger partial charge in [-0.3, -0.25) is 9.59 Å². The molecule has 1 N–H and O–H groups in total. The third-order valence-corrected chi connectivity index (χ3v) is 9.39. The number of allylic oxidation sites excluding steroid dienone is 8. The first-order valence-electron chi connectivity index (χ1n) is 21.6. The summed E-state index contributed by atoms with van der Waals surface area (Å²) in [7, 11) is 0. The van der Waals surface area contributed by atoms with Gasteiger partial charge in [-0.05, 0) is 112 Å². The molecule has 0 atom stereocenters. The minimum absolute atomic E-state index is 0.0355. The summed E-state index contributed by atoms with van der Waals surface area (Å²) in [5.74, 6) is 0.408. The molecule has 0 aliphatic rings. The number of aromatic hydroxyl groups is 1. The highest BCUT2D eigenvalue weighted by atomic mass is 16.5. The number of unbranched alkanes of at least 4 members (excludes halogenated alkanes) is 16. The zero-order valence-corrected chi connectivity index (χ0v) is 34.4. The van der Waals surface area contributed by atoms with Crippen LogP contribution in [0.5, 0.6) is 17.2 Å². The van der Waals surface area contributed by atoms with Gasteiger partial charge in [0, 0.05) is 18.9 Å². The van der Waals surface area contributed by atoms with E-state index in [1.165, 1.54) is 83.1 Å². The van der Waals surface area contributed by atoms with Gasteiger partial charge in [-0.1, -0.05) is 151 Å². The number of phenols is 1. The molecule has 0 saturated carbocycles. The van der Waals surface area contributed by atoms with E-state index in [1.807, 2.05) is 24.3 Å². The van der Waals surface area contributed by atoms with Gasteiger partial charge in [0.25, 0.3) is 0 Å². The van der Waals surface area contributed by atoms with E-state index in [9.17, 15) is 14.7 Å². The topological polar surface area (TPSA) is 72.8 Å². The summed E-state index contributed by atoms with van der Waals surface area (Å²) >= 11 is 0. The summed E-state index contributed by atoms with van der Waals surface area (Å²) in [5.41, 5.74) is 1.63. The monoisotopic (exact) mass is 753 g/mol. The van der Waals surface area contributed by atoms with E-state index in [1.54, 1.807) is 24.3 Å². The Hall–Kier alpha value is -4.12. The van der Waals surface area contributed by atoms with E-state index in [2.05, 4.69) is 62.5 Å². The Morgan fingerprint density at radius 2 is 0.891 bits per heavy atom. The fourth-order valence-corrected chi connectivity index (χ4v) is 6.13. The van der Waals surface area contributed by atoms with Crippen LogP contribution in [0.3, 0.4) is 0 Å². The molecular weight excluding hydrogens is 681 g/mol. The molecule has 0 spiro atoms. The van der Waals surface area contributed by atoms with Crippen molar-refractivity contribution in [3.8, 4) is 17.2 Å². The van der Waals surface area contributed by atoms with Crippen LogP contribution < -0.4 is 9.47 Å². The summed E-state index contributed by atoms with van der Waals surface area (Å²) in [6.07, 6.45) is 47.9. The smallest absolute Gasteiger partial charge is 0.311 e. The van der Waals surface area contributed by atoms with Crippen molar-refractivity contribution < 1.29 is 24.2 Å². The lowest BCUT2D eigenvalue weighted by Gasteiger charge is -2.07. The van der Waals surface area contributed by atoms with Crippen LogP contribution in [-0.4, -0.2) is 17.0 Å². The molecule has 55 heavy (non-hydrogen) atoms. The SMILES string of the molecule is CCCCC/C=C\C/C=C\CCCCCCCC(=O)Oc1ccc(/C=C/c2cc(O)cc(OC(=O)CCCCCCC/C=C\C/C=C\CCCCC)c2)cc1. The number of carbonyl (C=O) groups excluding carboxylic acids is 2. The van der Waals surface area contributed by atoms with Gasteiger partial charge in [-0.2, -0.15) is 0 Å². The summed E-state index contributed by atoms with van der Waals surface area (Å²) in [4.78, 5) is 24.8. The van der Waals surface area contributed by atoms with Gasteiger partial charge in [-0.25, -0.2) is 0 Å². The molecule has 2 aromatic rings. The summed E-state index contributed by atoms with van der Waals surface area (Å²) in [6, 6.07) is 12.2. The predicted molar refractivity (Wildman–Crippen MR) is 233 cm³/mol. The number of phenolic OH excluding ortho intramolecular Hbond substituents is 1. The molecule has 0 radical (unpaired) electrons. The molecule has 5 nitrogen and oxygen atoms in total. The Kier molecular flexibility index (Phi) is 28.4. The Morgan fingerprint density at radius 1 is 0.473 bits per heavy atom. The lowest BCUT2D eigenvalue weighted by Crippen LogP contribution is -2.07. The highest BCUT2D eigenvalue weighted by molar-refractivity contribution is 5.75. The van der Waals surface area contributed by atoms with E-state index < -0.39 is 0 Å². The second-order valence-corrected chi connectivity index (χ2v) is 14.6. The average molecular weight is 753 g/mol. The number of benzene rings is 2. The van der Waals surface area contributed by atoms with Crippen molar-refractivity contribution in [1.82, 2.24) is 0 Å². The lowest BCUT2D eigenvalue weighted by atomic mass is 10.1. The van der Waals surface area contributed by atoms with Crippen LogP contribution in [0.2, 0.25) is 0 Å². The van der Waals surface area contributed by atoms with Crippen molar-refractivity contribution in [2.75, 3.05) is 0 Å². The zero-order chi connectivity index (χ0) is 39.4. The number of carbonyl (C=O) groups is 2. The Bertz CT molecular complexity index is 1430. The third-order valence-electron chi connectivity index (χ3n) is 9.39. The zero-order valence-electron chi connectivity index (χ0n) is 34.4. The predicted octanol–water partition coefficient (Wildman–Crippen LogP) is 15.0. The first-order valence-corrected chi connectivity index (χ1v) is 21.6. The third kappa shape index (κ3) is 27.2. The number of rotatable bonds is 32. The minimum Gasteiger partial charge on any atom is -0.508 e. The first kappa shape index (κ1) is 47.0. The van der Waals surface area contributed by atoms with Gasteiger partial charge in [0.15, 0.2) is 0 Å². The Morgan fingerprint density at radius 3 is 1.38 bits per heavy atom. The number of ether oxygens (including phenoxy) is 2. The maximum atomic E-state index is 12.5. The number of hydrogen-bond acceptors (Lipinski definition) is 5. The van der Waals surface area contributed by atoms with E-state index in [-0.39, 0.29) is 17.7 Å². The second-order valence-electron chi connectivity index (χ2n) is 14.6. The van der Waals surface area contributed by atoms with Gasteiger partial charge in [0.1, 0.15) is 17.2 Å². The van der Waals surface area contributed by atoms with Crippen molar-refractivity contribution in [2.24, 2.45) is 0 Å². The summed E-state index contributed by atoms with van der Waals surface area (Å²) < 4.78 is 11.1. The highest BCUT2D eigenvalue weighted by Gasteiger charge is 2.08. The normalized spacial score (nSPS) is 12.0. The van der Waals surface area contributed by atoms with Crippen LogP contribution in [0.25, 0.3) is 12.2 Å². The first-order chi connectivity index (χ1) is 27.0. The molecule has 2 rings (SSSR count). The molecule has 0 amide bonds. The average Bonchev–Trinajstić information content (AvgIpc) is 3.17. The van der Waals surface area contributed by atoms with Crippen molar-refractivity contribution in [3.05, 3.63) is 102 Å². The van der Waals surface area contributed by atoms with Crippen LogP contribution >= 0.6 is 0 Å². The lowest BCUT2D eigenvalue weighted by molar-refractivity contribution is -0.135. The molecular formula is C50H72O5. The molecule has 0 aliphatic carbocycles. The fraction of sp³-hybridized carbons (Fsp3) is 0.520. The quantitative estimate of drug-likeness (QED) is 0.0265. The van der Waals surface area contributed by atoms with Gasteiger partial charge in [0.05, 0.1) is 0 Å². The molecule has 0 aromatic heterocycles. The van der Waals surface area contributed by atoms with Crippen molar-refractivity contribution in [3.63, 3.8) is 0 Å². The van der Waals surface area contributed by atoms with Crippen LogP contribution in [0.4, 0.5) is 0 Å². The Balaban J connectivity index is 1.57. The molecule has 302 valence electrons. The van der Waals surface area contributed by atoms with Gasteiger partial charge < -0.3 is 14.6 Å². The fourth-order valence-electron chi connectivity index (χ4n) is 6.13. The second kappa shape index (κ2) is 33.2. The number of hydrogen-bond donors (Lipinski definition) is 1. The van der Waals surface area contributed by atoms with Crippen LogP contribution in [0.1, 0.15) is 179 Å². The van der Waals surface area contributed by atoms with Crippen LogP contribution in [0, 0.1) is 0 Å². The maximum Gasteiger partial charge on any atom is 0.311 e. The van der Waals surface area contributed by atoms with Crippen molar-refractivity contribution in [1.29, 1.82) is 0 Å². The van der Waals surface area contributed by atoms with Gasteiger partial charge >= 0.3 is 11.9 Å². The molecule has 0 fully saturated rings. The molecule has 2 aromatic carbocycles. The molecule has 0 unspecified atom stereocenters. The molecule has 0 heterocycles. The van der Waals surface area contributed by atoms with Crippen LogP contribution in [0.15, 0.2) is 91.1 Å². The molecule has 5 heteroatoms. The Labute approximate surface area is 334 Å². The molecule has 0 bridgehead atoms. The maximum absolute atomic E-state index is 12.5. The van der Waals surface area contributed by atoms with Crippen molar-refractivity contribution >= 4 is 24.1 Å². The number of esters is 2. The van der Waals surface area contributed by atoms with Crippen LogP contribution in [-0.2, 0) is 9.59 Å². The largest absolute Gasteiger partial charge is 0.508 e. The molecule has 0 aliphatic heterocycles. The summed E-state index contributed by atoms with van der Waals surface area (Å²) in [5, 5.41) is 10.2. The van der Waals surface area contributed by atoms with E-state index in [0.717, 1.165) is 69.8 Å². The molecule has 0 saturated heterocycles.